The second-order valence-corrected chi connectivity index (χ2v) is 51.4. The smallest absolute Gasteiger partial charge is 0.409 e. The van der Waals surface area contributed by atoms with Crippen LogP contribution in [0.2, 0.25) is 10.0 Å². The Balaban J connectivity index is 0.000000132. The summed E-state index contributed by atoms with van der Waals surface area (Å²) >= 11 is 13.8. The zero-order valence-electron chi connectivity index (χ0n) is 94.6. The van der Waals surface area contributed by atoms with E-state index in [9.17, 15) is 29.4 Å². The highest BCUT2D eigenvalue weighted by Crippen LogP contribution is 2.61. The number of aryl methyl sites for hydroxylation is 3. The van der Waals surface area contributed by atoms with E-state index in [1.807, 2.05) is 30.9 Å². The lowest BCUT2D eigenvalue weighted by molar-refractivity contribution is -0.136. The third kappa shape index (κ3) is 24.4. The molecule has 7 aromatic rings. The van der Waals surface area contributed by atoms with E-state index in [2.05, 4.69) is 268 Å². The molecule has 13 aliphatic rings. The number of piperidine rings is 4. The number of ether oxygens (including phenoxy) is 1. The lowest BCUT2D eigenvalue weighted by Crippen LogP contribution is -2.66. The quantitative estimate of drug-likeness (QED) is 0.0524. The van der Waals surface area contributed by atoms with Crippen LogP contribution >= 0.6 is 34.5 Å². The molecule has 7 aliphatic heterocycles. The summed E-state index contributed by atoms with van der Waals surface area (Å²) in [6, 6.07) is 43.9. The Kier molecular flexibility index (Phi) is 37.5. The van der Waals surface area contributed by atoms with Crippen molar-refractivity contribution in [1.29, 1.82) is 0 Å². The van der Waals surface area contributed by atoms with Gasteiger partial charge in [0.15, 0.2) is 5.78 Å². The van der Waals surface area contributed by atoms with Crippen LogP contribution in [-0.4, -0.2) is 244 Å². The molecule has 13 unspecified atom stereocenters. The number of hydrogen-bond acceptors (Lipinski definition) is 14. The SMILES string of the molecule is CCC(C)(C)CN1CCC2(CC)c3cc(O)ccc3CC1C2(C)C.CCN(C(=O)Cc1cccc2sccc12)C1CCCCC1N1CCCC1.CCOC(=O)N1CCN(C(=O)Cc2ccc(Cl)c(Cl)c2)C(CN2CCCC2)C1.CCc1ccc2c(c1)C1(C)CCN(CC=C(C)C)C(C2)C1C.CCc1ccc2c(c1)C1(CC)CCN(CC(C)(C)O)C(C2)C1(C)C.CCc1ccc2c(c1)C1(CC)CCN(CC3CC3)C(C2=O)C1C. The van der Waals surface area contributed by atoms with E-state index in [1.165, 1.54) is 196 Å². The van der Waals surface area contributed by atoms with Gasteiger partial charge in [-0.15, -0.1) is 11.3 Å². The van der Waals surface area contributed by atoms with Gasteiger partial charge in [0.05, 0.1) is 47.2 Å². The molecule has 6 aliphatic carbocycles. The third-order valence-corrected chi connectivity index (χ3v) is 41.1. The highest BCUT2D eigenvalue weighted by molar-refractivity contribution is 7.17. The number of likely N-dealkylation sites (tertiary alicyclic amines) is 6. The molecule has 0 radical (unpaired) electrons. The lowest BCUT2D eigenvalue weighted by Gasteiger charge is -2.63. The van der Waals surface area contributed by atoms with Gasteiger partial charge in [0, 0.05) is 116 Å². The number of aliphatic hydroxyl groups is 1. The van der Waals surface area contributed by atoms with Crippen molar-refractivity contribution in [2.24, 2.45) is 34.0 Å². The van der Waals surface area contributed by atoms with Crippen LogP contribution in [-0.2, 0) is 87.4 Å². The van der Waals surface area contributed by atoms with Gasteiger partial charge in [0.2, 0.25) is 11.8 Å². The lowest BCUT2D eigenvalue weighted by atomic mass is 9.49. The number of halogens is 2. The number of ketones is 1. The van der Waals surface area contributed by atoms with Crippen LogP contribution in [0.4, 0.5) is 4.79 Å². The molecule has 19 heteroatoms. The van der Waals surface area contributed by atoms with Crippen molar-refractivity contribution in [2.45, 2.75) is 389 Å². The standard InChI is InChI=1S/C22H30N2OS.2C22H35NO.C21H29NO.C21H31N.C20H27Cl2N3O3/c1-2-24(20-10-4-3-9-19(20)23-13-5-6-14-23)22(25)16-17-8-7-11-21-18(17)12-15-26-21;1-7-20(3,4)15-23-12-11-22(8-2)18-14-17(24)10-9-16(18)13-19(23)21(22,5)6;1-7-16-9-10-17-14-19-21(5,6)22(8-2,18(17)13-16)11-12-23(19)15-20(3,4)24;1-4-15-8-9-17-18(12-15)21(5-2)10-11-22(13-16-6-7-16)19(14(21)3)20(17)23;1-6-17-7-8-18-14-20-16(4)21(5,19(18)13-17)10-12-22(20)11-9-15(2)3;1-2-28-20(27)24-9-10-25(16(14-24)13-23-7-3-4-8-23)19(26)12-15-5-6-17(21)18(22)11-15/h7-8,11-12,15,19-20H,2-6,9-10,13-14,16H2,1H3;9-10,14,19,24H,7-8,11-13,15H2,1-6H3;9-10,13,19,24H,7-8,11-12,14-15H2,1-6H3;8-9,12,14,16,19H,4-7,10-11,13H2,1-3H3;7-9,13,16,20H,6,10-12,14H2,1-5H3;5-6,11,16H,2-4,7-10,12-14H2,1H3. The predicted molar refractivity (Wildman–Crippen MR) is 612 cm³/mol. The molecule has 0 spiro atoms. The van der Waals surface area contributed by atoms with Gasteiger partial charge in [-0.2, -0.15) is 0 Å². The zero-order valence-corrected chi connectivity index (χ0v) is 97.0. The number of rotatable bonds is 25. The molecule has 6 aromatic carbocycles. The number of carbonyl (C=O) groups is 4. The molecule has 20 rings (SSSR count). The molecule has 3 amide bonds. The van der Waals surface area contributed by atoms with Crippen molar-refractivity contribution in [3.63, 3.8) is 0 Å². The monoisotopic (exact) mass is 2060 g/mol. The number of likely N-dealkylation sites (N-methyl/N-ethyl adjacent to an activating group) is 1. The average Bonchev–Trinajstić information content (AvgIpc) is 1.10. The Bertz CT molecular complexity index is 5680. The Hall–Kier alpha value is -7.00. The first kappa shape index (κ1) is 114. The van der Waals surface area contributed by atoms with Gasteiger partial charge < -0.3 is 34.5 Å². The van der Waals surface area contributed by atoms with E-state index < -0.39 is 5.60 Å². The van der Waals surface area contributed by atoms with Crippen molar-refractivity contribution >= 4 is 68.3 Å². The number of aromatic hydroxyl groups is 1. The molecule has 2 saturated carbocycles. The molecule has 7 saturated heterocycles. The summed E-state index contributed by atoms with van der Waals surface area (Å²) in [5.41, 5.74) is 20.7. The van der Waals surface area contributed by atoms with Crippen LogP contribution in [0.1, 0.15) is 345 Å². The number of hydrogen-bond donors (Lipinski definition) is 2. The predicted octanol–water partition coefficient (Wildman–Crippen LogP) is 26.4. The van der Waals surface area contributed by atoms with Crippen LogP contribution in [0.5, 0.6) is 5.75 Å². The number of thiophene rings is 1. The van der Waals surface area contributed by atoms with Gasteiger partial charge in [-0.05, 0) is 388 Å². The largest absolute Gasteiger partial charge is 0.508 e. The summed E-state index contributed by atoms with van der Waals surface area (Å²) in [6.45, 7) is 67.2. The van der Waals surface area contributed by atoms with Crippen molar-refractivity contribution in [3.05, 3.63) is 215 Å². The fourth-order valence-electron chi connectivity index (χ4n) is 29.8. The average molecular weight is 2070 g/mol. The number of carbonyl (C=O) groups excluding carboxylic acids is 4. The van der Waals surface area contributed by atoms with E-state index in [-0.39, 0.29) is 57.6 Å². The number of phenolic OH excluding ortho intramolecular Hbond substituents is 1. The minimum atomic E-state index is -0.630. The van der Waals surface area contributed by atoms with Crippen LogP contribution < -0.4 is 0 Å². The van der Waals surface area contributed by atoms with E-state index in [0.29, 0.717) is 107 Å². The number of phenols is 1. The summed E-state index contributed by atoms with van der Waals surface area (Å²) in [4.78, 5) is 73.2. The highest BCUT2D eigenvalue weighted by atomic mass is 35.5. The van der Waals surface area contributed by atoms with Gasteiger partial charge in [-0.25, -0.2) is 4.79 Å². The van der Waals surface area contributed by atoms with E-state index in [0.717, 1.165) is 127 Å². The molecule has 2 N–H and O–H groups in total. The van der Waals surface area contributed by atoms with E-state index in [4.69, 9.17) is 27.9 Å². The minimum Gasteiger partial charge on any atom is -0.508 e. The first-order valence-electron chi connectivity index (χ1n) is 58.0. The molecule has 16 nitrogen and oxygen atoms in total. The zero-order chi connectivity index (χ0) is 106. The summed E-state index contributed by atoms with van der Waals surface area (Å²) in [5.74, 6) is 3.20. The van der Waals surface area contributed by atoms with Gasteiger partial charge in [0.25, 0.3) is 0 Å². The first-order valence-corrected chi connectivity index (χ1v) is 59.7. The first-order chi connectivity index (χ1) is 70.1. The van der Waals surface area contributed by atoms with Crippen LogP contribution in [0.15, 0.2) is 132 Å². The maximum absolute atomic E-state index is 13.3. The number of benzene rings is 6. The molecular formula is C128H187Cl2N9O7S. The normalized spacial score (nSPS) is 27.6. The minimum absolute atomic E-state index is 0.0356. The number of piperazine rings is 1. The number of Topliss-reactive ketones (excluding diaryl/α,β-unsaturated/α-hetero) is 1. The number of nitrogens with zero attached hydrogens (tertiary/aromatic N) is 9. The van der Waals surface area contributed by atoms with Gasteiger partial charge >= 0.3 is 6.09 Å². The Labute approximate surface area is 901 Å². The van der Waals surface area contributed by atoms with Crippen LogP contribution in [0, 0.1) is 34.0 Å². The van der Waals surface area contributed by atoms with Gasteiger partial charge in [-0.3, -0.25) is 38.9 Å². The van der Waals surface area contributed by atoms with Crippen molar-refractivity contribution in [3.8, 4) is 5.75 Å². The molecule has 13 atom stereocenters. The summed E-state index contributed by atoms with van der Waals surface area (Å²) in [7, 11) is 0. The van der Waals surface area contributed by atoms with Crippen molar-refractivity contribution in [1.82, 2.24) is 44.1 Å². The number of fused-ring (bicyclic) bond motifs is 17. The molecule has 1 aromatic heterocycles. The maximum atomic E-state index is 13.3. The Morgan fingerprint density at radius 3 is 1.74 bits per heavy atom. The number of β-amino-alcohol motifs (C(OH)–C–C–N with tert-alkyl or cyclic N) is 1. The number of allylic oxidation sites excluding steroid dienone is 1. The summed E-state index contributed by atoms with van der Waals surface area (Å²) < 4.78 is 6.44. The highest BCUT2D eigenvalue weighted by Gasteiger charge is 2.61. The van der Waals surface area contributed by atoms with E-state index in [1.54, 1.807) is 57.5 Å². The second-order valence-electron chi connectivity index (χ2n) is 49.7. The summed E-state index contributed by atoms with van der Waals surface area (Å²) in [5, 5.41) is 24.8. The molecule has 806 valence electrons. The van der Waals surface area contributed by atoms with Crippen LogP contribution in [0.3, 0.4) is 0 Å². The topological polar surface area (TPSA) is 147 Å². The third-order valence-electron chi connectivity index (χ3n) is 39.5. The molecule has 9 fully saturated rings. The molecular weight excluding hydrogens is 1880 g/mol. The summed E-state index contributed by atoms with van der Waals surface area (Å²) in [6.07, 6.45) is 32.0. The fraction of sp³-hybridized carbons (Fsp3) is 0.656. The fourth-order valence-corrected chi connectivity index (χ4v) is 31.0. The molecule has 8 heterocycles. The molecule has 8 bridgehead atoms. The van der Waals surface area contributed by atoms with Crippen molar-refractivity contribution < 1.29 is 34.1 Å². The Morgan fingerprint density at radius 2 is 1.14 bits per heavy atom. The van der Waals surface area contributed by atoms with E-state index >= 15 is 0 Å². The Morgan fingerprint density at radius 1 is 0.558 bits per heavy atom. The maximum Gasteiger partial charge on any atom is 0.409 e. The second kappa shape index (κ2) is 48.3. The van der Waals surface area contributed by atoms with Crippen LogP contribution in [0.25, 0.3) is 10.1 Å². The molecule has 147 heavy (non-hydrogen) atoms. The van der Waals surface area contributed by atoms with Crippen molar-refractivity contribution in [2.75, 3.05) is 118 Å². The number of amides is 3. The van der Waals surface area contributed by atoms with Gasteiger partial charge in [0.1, 0.15) is 5.75 Å². The van der Waals surface area contributed by atoms with Gasteiger partial charge in [-0.1, -0.05) is 237 Å².